The molecule has 0 bridgehead atoms. The molecule has 0 spiro atoms. The summed E-state index contributed by atoms with van der Waals surface area (Å²) in [7, 11) is 1.67. The highest BCUT2D eigenvalue weighted by Crippen LogP contribution is 2.26. The van der Waals surface area contributed by atoms with Gasteiger partial charge in [-0.1, -0.05) is 30.3 Å². The lowest BCUT2D eigenvalue weighted by Crippen LogP contribution is -2.12. The van der Waals surface area contributed by atoms with Gasteiger partial charge in [0, 0.05) is 13.6 Å². The number of nitro groups is 1. The van der Waals surface area contributed by atoms with Crippen LogP contribution in [0.15, 0.2) is 30.3 Å². The molecular formula is C14H17N5O2. The van der Waals surface area contributed by atoms with Crippen molar-refractivity contribution in [2.45, 2.75) is 13.3 Å². The molecule has 2 N–H and O–H groups in total. The van der Waals surface area contributed by atoms with E-state index in [1.165, 1.54) is 0 Å². The van der Waals surface area contributed by atoms with Crippen LogP contribution in [0.25, 0.3) is 0 Å². The second-order valence-corrected chi connectivity index (χ2v) is 4.50. The molecule has 21 heavy (non-hydrogen) atoms. The zero-order valence-corrected chi connectivity index (χ0v) is 12.0. The molecule has 2 rings (SSSR count). The molecule has 0 fully saturated rings. The van der Waals surface area contributed by atoms with Gasteiger partial charge in [-0.3, -0.25) is 10.1 Å². The van der Waals surface area contributed by atoms with Gasteiger partial charge < -0.3 is 10.6 Å². The van der Waals surface area contributed by atoms with Gasteiger partial charge in [0.05, 0.1) is 4.92 Å². The van der Waals surface area contributed by atoms with Crippen LogP contribution in [0.1, 0.15) is 11.3 Å². The fourth-order valence-electron chi connectivity index (χ4n) is 1.99. The van der Waals surface area contributed by atoms with Crippen molar-refractivity contribution in [3.8, 4) is 0 Å². The Balaban J connectivity index is 2.14. The number of hydrogen-bond donors (Lipinski definition) is 2. The minimum Gasteiger partial charge on any atom is -0.364 e. The maximum absolute atomic E-state index is 11.1. The summed E-state index contributed by atoms with van der Waals surface area (Å²) >= 11 is 0. The smallest absolute Gasteiger partial charge is 0.332 e. The number of rotatable bonds is 6. The first-order valence-electron chi connectivity index (χ1n) is 6.60. The Morgan fingerprint density at radius 2 is 1.95 bits per heavy atom. The van der Waals surface area contributed by atoms with E-state index >= 15 is 0 Å². The van der Waals surface area contributed by atoms with E-state index in [-0.39, 0.29) is 11.5 Å². The Hall–Kier alpha value is -2.70. The summed E-state index contributed by atoms with van der Waals surface area (Å²) in [5.41, 5.74) is 1.41. The van der Waals surface area contributed by atoms with Gasteiger partial charge in [0.15, 0.2) is 0 Å². The van der Waals surface area contributed by atoms with Crippen molar-refractivity contribution in [2.75, 3.05) is 24.2 Å². The molecule has 7 heteroatoms. The van der Waals surface area contributed by atoms with Crippen LogP contribution in [-0.4, -0.2) is 28.5 Å². The van der Waals surface area contributed by atoms with Gasteiger partial charge in [-0.2, -0.15) is 4.98 Å². The summed E-state index contributed by atoms with van der Waals surface area (Å²) in [6.07, 6.45) is 0.760. The summed E-state index contributed by atoms with van der Waals surface area (Å²) < 4.78 is 0. The van der Waals surface area contributed by atoms with Crippen molar-refractivity contribution in [1.82, 2.24) is 9.97 Å². The van der Waals surface area contributed by atoms with Gasteiger partial charge in [-0.05, 0) is 18.9 Å². The summed E-state index contributed by atoms with van der Waals surface area (Å²) in [5.74, 6) is 0.605. The average molecular weight is 287 g/mol. The number of anilines is 2. The molecule has 0 atom stereocenters. The van der Waals surface area contributed by atoms with Gasteiger partial charge >= 0.3 is 5.69 Å². The third kappa shape index (κ3) is 3.65. The molecule has 0 aliphatic heterocycles. The van der Waals surface area contributed by atoms with Gasteiger partial charge in [0.2, 0.25) is 11.8 Å². The third-order valence-electron chi connectivity index (χ3n) is 3.01. The van der Waals surface area contributed by atoms with E-state index in [0.717, 1.165) is 12.0 Å². The van der Waals surface area contributed by atoms with Crippen LogP contribution in [0.4, 0.5) is 17.5 Å². The average Bonchev–Trinajstić information content (AvgIpc) is 2.47. The van der Waals surface area contributed by atoms with Crippen LogP contribution in [0.5, 0.6) is 0 Å². The molecule has 7 nitrogen and oxygen atoms in total. The van der Waals surface area contributed by atoms with Crippen LogP contribution in [-0.2, 0) is 6.42 Å². The highest BCUT2D eigenvalue weighted by molar-refractivity contribution is 5.60. The first kappa shape index (κ1) is 14.7. The number of hydrogen-bond acceptors (Lipinski definition) is 6. The number of aromatic nitrogens is 2. The molecule has 0 aliphatic rings. The monoisotopic (exact) mass is 287 g/mol. The summed E-state index contributed by atoms with van der Waals surface area (Å²) in [5, 5.41) is 17.0. The number of benzene rings is 1. The molecule has 0 amide bonds. The molecule has 1 aromatic carbocycles. The highest BCUT2D eigenvalue weighted by atomic mass is 16.6. The zero-order chi connectivity index (χ0) is 15.2. The zero-order valence-electron chi connectivity index (χ0n) is 12.0. The van der Waals surface area contributed by atoms with Crippen molar-refractivity contribution in [2.24, 2.45) is 0 Å². The van der Waals surface area contributed by atoms with Crippen LogP contribution in [0.3, 0.4) is 0 Å². The molecule has 1 heterocycles. The van der Waals surface area contributed by atoms with Gasteiger partial charge in [0.1, 0.15) is 5.69 Å². The van der Waals surface area contributed by atoms with E-state index < -0.39 is 4.92 Å². The highest BCUT2D eigenvalue weighted by Gasteiger charge is 2.21. The van der Waals surface area contributed by atoms with Gasteiger partial charge in [-0.15, -0.1) is 0 Å². The van der Waals surface area contributed by atoms with Crippen molar-refractivity contribution < 1.29 is 4.92 Å². The van der Waals surface area contributed by atoms with Crippen molar-refractivity contribution in [1.29, 1.82) is 0 Å². The lowest BCUT2D eigenvalue weighted by atomic mass is 10.1. The molecule has 2 aromatic rings. The normalized spacial score (nSPS) is 10.2. The predicted octanol–water partition coefficient (Wildman–Crippen LogP) is 2.39. The summed E-state index contributed by atoms with van der Waals surface area (Å²) in [4.78, 5) is 18.8. The standard InChI is InChI=1S/C14H17N5O2/c1-10-12(19(20)21)13(18-14(15-2)17-10)16-9-8-11-6-4-3-5-7-11/h3-7H,8-9H2,1-2H3,(H2,15,16,17,18). The van der Waals surface area contributed by atoms with Crippen LogP contribution in [0.2, 0.25) is 0 Å². The maximum Gasteiger partial charge on any atom is 0.332 e. The predicted molar refractivity (Wildman–Crippen MR) is 81.6 cm³/mol. The summed E-state index contributed by atoms with van der Waals surface area (Å²) in [6, 6.07) is 9.91. The Kier molecular flexibility index (Phi) is 4.65. The molecule has 0 saturated heterocycles. The quantitative estimate of drug-likeness (QED) is 0.626. The van der Waals surface area contributed by atoms with E-state index in [9.17, 15) is 10.1 Å². The maximum atomic E-state index is 11.1. The molecule has 0 aliphatic carbocycles. The van der Waals surface area contributed by atoms with E-state index in [4.69, 9.17) is 0 Å². The Labute approximate surface area is 122 Å². The molecule has 0 radical (unpaired) electrons. The van der Waals surface area contributed by atoms with Crippen LogP contribution >= 0.6 is 0 Å². The second kappa shape index (κ2) is 6.65. The van der Waals surface area contributed by atoms with Crippen molar-refractivity contribution in [3.05, 3.63) is 51.7 Å². The molecular weight excluding hydrogens is 270 g/mol. The van der Waals surface area contributed by atoms with Gasteiger partial charge in [0.25, 0.3) is 0 Å². The van der Waals surface area contributed by atoms with Crippen LogP contribution in [0, 0.1) is 17.0 Å². The Bertz CT molecular complexity index is 631. The molecule has 1 aromatic heterocycles. The van der Waals surface area contributed by atoms with E-state index in [2.05, 4.69) is 20.6 Å². The van der Waals surface area contributed by atoms with Crippen LogP contribution < -0.4 is 10.6 Å². The summed E-state index contributed by atoms with van der Waals surface area (Å²) in [6.45, 7) is 2.16. The fourth-order valence-corrected chi connectivity index (χ4v) is 1.99. The van der Waals surface area contributed by atoms with E-state index in [1.54, 1.807) is 14.0 Å². The van der Waals surface area contributed by atoms with E-state index in [1.807, 2.05) is 30.3 Å². The number of aryl methyl sites for hydroxylation is 1. The topological polar surface area (TPSA) is 93.0 Å². The molecule has 0 unspecified atom stereocenters. The largest absolute Gasteiger partial charge is 0.364 e. The molecule has 110 valence electrons. The van der Waals surface area contributed by atoms with E-state index in [0.29, 0.717) is 18.2 Å². The fraction of sp³-hybridized carbons (Fsp3) is 0.286. The first-order valence-corrected chi connectivity index (χ1v) is 6.60. The SMILES string of the molecule is CNc1nc(C)c([N+](=O)[O-])c(NCCc2ccccc2)n1. The first-order chi connectivity index (χ1) is 10.1. The second-order valence-electron chi connectivity index (χ2n) is 4.50. The molecule has 0 saturated carbocycles. The van der Waals surface area contributed by atoms with Gasteiger partial charge in [-0.25, -0.2) is 4.98 Å². The minimum atomic E-state index is -0.459. The Morgan fingerprint density at radius 1 is 1.24 bits per heavy atom. The minimum absolute atomic E-state index is 0.0814. The Morgan fingerprint density at radius 3 is 2.57 bits per heavy atom. The van der Waals surface area contributed by atoms with Crippen molar-refractivity contribution in [3.63, 3.8) is 0 Å². The lowest BCUT2D eigenvalue weighted by molar-refractivity contribution is -0.385. The number of nitrogens with zero attached hydrogens (tertiary/aromatic N) is 3. The lowest BCUT2D eigenvalue weighted by Gasteiger charge is -2.09. The number of nitrogens with one attached hydrogen (secondary N) is 2. The van der Waals surface area contributed by atoms with Crippen molar-refractivity contribution >= 4 is 17.5 Å². The third-order valence-corrected chi connectivity index (χ3v) is 3.01.